The highest BCUT2D eigenvalue weighted by atomic mass is 14.8. The minimum Gasteiger partial charge on any atom is -0.388 e. The second-order valence-electron chi connectivity index (χ2n) is 9.78. The molecule has 194 valence electrons. The Labute approximate surface area is 236 Å². The lowest BCUT2D eigenvalue weighted by molar-refractivity contribution is 1.32. The maximum Gasteiger partial charge on any atom is 0.0715 e. The molecular formula is C37H31N3. The molecule has 0 radical (unpaired) electrons. The first-order valence-electron chi connectivity index (χ1n) is 13.6. The van der Waals surface area contributed by atoms with Crippen molar-refractivity contribution in [2.24, 2.45) is 0 Å². The molecule has 0 bridgehead atoms. The molecule has 0 saturated heterocycles. The highest BCUT2D eigenvalue weighted by Gasteiger charge is 2.11. The van der Waals surface area contributed by atoms with E-state index in [9.17, 15) is 0 Å². The summed E-state index contributed by atoms with van der Waals surface area (Å²) in [4.78, 5) is 5.04. The minimum absolute atomic E-state index is 0.966. The molecule has 1 aromatic heterocycles. The average Bonchev–Trinajstić information content (AvgIpc) is 3.05. The summed E-state index contributed by atoms with van der Waals surface area (Å²) in [7, 11) is 3.92. The van der Waals surface area contributed by atoms with Gasteiger partial charge in [-0.15, -0.1) is 0 Å². The van der Waals surface area contributed by atoms with E-state index in [1.165, 1.54) is 22.3 Å². The Morgan fingerprint density at radius 3 is 1.45 bits per heavy atom. The fraction of sp³-hybridized carbons (Fsp3) is 0.0541. The van der Waals surface area contributed by atoms with Gasteiger partial charge in [-0.05, 0) is 70.3 Å². The summed E-state index contributed by atoms with van der Waals surface area (Å²) in [5.41, 5.74) is 13.3. The van der Waals surface area contributed by atoms with Gasteiger partial charge in [0.2, 0.25) is 0 Å². The third-order valence-corrected chi connectivity index (χ3v) is 7.24. The van der Waals surface area contributed by atoms with E-state index in [0.29, 0.717) is 0 Å². The summed E-state index contributed by atoms with van der Waals surface area (Å²) in [6.45, 7) is 0. The largest absolute Gasteiger partial charge is 0.388 e. The van der Waals surface area contributed by atoms with E-state index in [1.807, 2.05) is 26.2 Å². The Balaban J connectivity index is 1.44. The van der Waals surface area contributed by atoms with E-state index in [4.69, 9.17) is 4.98 Å². The third kappa shape index (κ3) is 5.23. The Morgan fingerprint density at radius 1 is 0.400 bits per heavy atom. The second-order valence-corrected chi connectivity index (χ2v) is 9.78. The maximum absolute atomic E-state index is 5.04. The van der Waals surface area contributed by atoms with Gasteiger partial charge in [-0.25, -0.2) is 4.98 Å². The molecule has 0 aliphatic rings. The molecular weight excluding hydrogens is 486 g/mol. The van der Waals surface area contributed by atoms with Gasteiger partial charge in [0.1, 0.15) is 0 Å². The highest BCUT2D eigenvalue weighted by molar-refractivity contribution is 5.85. The standard InChI is InChI=1S/C37H31N3/c1-38-33-19-20-35(39-2)34(25-33)31-18-10-16-29(22-31)28-15-9-17-30(21-28)32-23-36(26-11-5-3-6-12-26)40-37(24-32)27-13-7-4-8-14-27/h3-25,38-39H,1-2H3. The number of hydrogen-bond donors (Lipinski definition) is 2. The van der Waals surface area contributed by atoms with Crippen molar-refractivity contribution in [3.05, 3.63) is 140 Å². The van der Waals surface area contributed by atoms with Gasteiger partial charge in [0.15, 0.2) is 0 Å². The molecule has 0 saturated carbocycles. The number of benzene rings is 5. The number of hydrogen-bond acceptors (Lipinski definition) is 3. The van der Waals surface area contributed by atoms with Crippen molar-refractivity contribution in [1.29, 1.82) is 0 Å². The third-order valence-electron chi connectivity index (χ3n) is 7.24. The van der Waals surface area contributed by atoms with Crippen LogP contribution in [0.4, 0.5) is 11.4 Å². The summed E-state index contributed by atoms with van der Waals surface area (Å²) >= 11 is 0. The molecule has 0 aliphatic heterocycles. The molecule has 40 heavy (non-hydrogen) atoms. The number of aromatic nitrogens is 1. The van der Waals surface area contributed by atoms with Crippen molar-refractivity contribution in [2.45, 2.75) is 0 Å². The van der Waals surface area contributed by atoms with Crippen LogP contribution in [0.5, 0.6) is 0 Å². The smallest absolute Gasteiger partial charge is 0.0715 e. The maximum atomic E-state index is 5.04. The van der Waals surface area contributed by atoms with Crippen molar-refractivity contribution in [3.63, 3.8) is 0 Å². The first-order chi connectivity index (χ1) is 19.7. The van der Waals surface area contributed by atoms with Crippen LogP contribution in [0, 0.1) is 0 Å². The predicted molar refractivity (Wildman–Crippen MR) is 171 cm³/mol. The number of pyridine rings is 1. The first kappa shape index (κ1) is 25.1. The van der Waals surface area contributed by atoms with Gasteiger partial charge < -0.3 is 10.6 Å². The summed E-state index contributed by atoms with van der Waals surface area (Å²) in [6, 6.07) is 49.1. The lowest BCUT2D eigenvalue weighted by Gasteiger charge is -2.14. The molecule has 6 aromatic rings. The van der Waals surface area contributed by atoms with Crippen LogP contribution in [-0.2, 0) is 0 Å². The van der Waals surface area contributed by atoms with Crippen LogP contribution in [-0.4, -0.2) is 19.1 Å². The van der Waals surface area contributed by atoms with Crippen molar-refractivity contribution < 1.29 is 0 Å². The van der Waals surface area contributed by atoms with Crippen molar-refractivity contribution in [3.8, 4) is 55.9 Å². The average molecular weight is 518 g/mol. The fourth-order valence-electron chi connectivity index (χ4n) is 5.11. The zero-order valence-electron chi connectivity index (χ0n) is 22.7. The molecule has 3 heteroatoms. The van der Waals surface area contributed by atoms with Crippen LogP contribution < -0.4 is 10.6 Å². The van der Waals surface area contributed by atoms with Gasteiger partial charge in [-0.1, -0.05) is 97.1 Å². The zero-order valence-corrected chi connectivity index (χ0v) is 22.7. The van der Waals surface area contributed by atoms with Gasteiger partial charge >= 0.3 is 0 Å². The molecule has 3 nitrogen and oxygen atoms in total. The van der Waals surface area contributed by atoms with E-state index in [0.717, 1.165) is 45.0 Å². The molecule has 0 unspecified atom stereocenters. The molecule has 1 heterocycles. The van der Waals surface area contributed by atoms with Crippen LogP contribution in [0.25, 0.3) is 55.9 Å². The highest BCUT2D eigenvalue weighted by Crippen LogP contribution is 2.35. The zero-order chi connectivity index (χ0) is 27.3. The lowest BCUT2D eigenvalue weighted by Crippen LogP contribution is -1.95. The van der Waals surface area contributed by atoms with Crippen molar-refractivity contribution in [1.82, 2.24) is 4.98 Å². The van der Waals surface area contributed by atoms with Gasteiger partial charge in [0.25, 0.3) is 0 Å². The Morgan fingerprint density at radius 2 is 0.900 bits per heavy atom. The van der Waals surface area contributed by atoms with Crippen LogP contribution in [0.15, 0.2) is 140 Å². The Kier molecular flexibility index (Phi) is 7.11. The normalized spacial score (nSPS) is 10.8. The molecule has 5 aromatic carbocycles. The SMILES string of the molecule is CNc1ccc(NC)c(-c2cccc(-c3cccc(-c4cc(-c5ccccc5)nc(-c5ccccc5)c4)c3)c2)c1. The van der Waals surface area contributed by atoms with Crippen LogP contribution >= 0.6 is 0 Å². The Bertz CT molecular complexity index is 1700. The van der Waals surface area contributed by atoms with Gasteiger partial charge in [-0.2, -0.15) is 0 Å². The summed E-state index contributed by atoms with van der Waals surface area (Å²) < 4.78 is 0. The molecule has 0 fully saturated rings. The predicted octanol–water partition coefficient (Wildman–Crippen LogP) is 9.50. The van der Waals surface area contributed by atoms with Crippen LogP contribution in [0.1, 0.15) is 0 Å². The second kappa shape index (κ2) is 11.3. The van der Waals surface area contributed by atoms with Gasteiger partial charge in [0, 0.05) is 42.2 Å². The molecule has 0 aliphatic carbocycles. The first-order valence-corrected chi connectivity index (χ1v) is 13.6. The summed E-state index contributed by atoms with van der Waals surface area (Å²) in [5.74, 6) is 0. The molecule has 0 amide bonds. The topological polar surface area (TPSA) is 37.0 Å². The number of anilines is 2. The lowest BCUT2D eigenvalue weighted by atomic mass is 9.94. The van der Waals surface area contributed by atoms with E-state index in [1.54, 1.807) is 0 Å². The number of nitrogens with zero attached hydrogens (tertiary/aromatic N) is 1. The van der Waals surface area contributed by atoms with Gasteiger partial charge in [-0.3, -0.25) is 0 Å². The molecule has 6 rings (SSSR count). The Hall–Kier alpha value is -5.15. The van der Waals surface area contributed by atoms with Crippen molar-refractivity contribution >= 4 is 11.4 Å². The molecule has 0 spiro atoms. The van der Waals surface area contributed by atoms with Crippen molar-refractivity contribution in [2.75, 3.05) is 24.7 Å². The molecule has 2 N–H and O–H groups in total. The quantitative estimate of drug-likeness (QED) is 0.221. The van der Waals surface area contributed by atoms with Crippen LogP contribution in [0.3, 0.4) is 0 Å². The number of rotatable bonds is 7. The number of nitrogens with one attached hydrogen (secondary N) is 2. The molecule has 0 atom stereocenters. The van der Waals surface area contributed by atoms with E-state index in [-0.39, 0.29) is 0 Å². The van der Waals surface area contributed by atoms with E-state index < -0.39 is 0 Å². The minimum atomic E-state index is 0.966. The van der Waals surface area contributed by atoms with Crippen LogP contribution in [0.2, 0.25) is 0 Å². The monoisotopic (exact) mass is 517 g/mol. The van der Waals surface area contributed by atoms with E-state index >= 15 is 0 Å². The summed E-state index contributed by atoms with van der Waals surface area (Å²) in [6.07, 6.45) is 0. The fourth-order valence-corrected chi connectivity index (χ4v) is 5.11. The summed E-state index contributed by atoms with van der Waals surface area (Å²) in [5, 5.41) is 6.60. The van der Waals surface area contributed by atoms with E-state index in [2.05, 4.69) is 138 Å². The van der Waals surface area contributed by atoms with Gasteiger partial charge in [0.05, 0.1) is 11.4 Å².